The minimum Gasteiger partial charge on any atom is -0.340 e. The lowest BCUT2D eigenvalue weighted by atomic mass is 10.2. The lowest BCUT2D eigenvalue weighted by molar-refractivity contribution is 0.402. The lowest BCUT2D eigenvalue weighted by Crippen LogP contribution is -2.25. The Morgan fingerprint density at radius 2 is 1.77 bits per heavy atom. The van der Waals surface area contributed by atoms with Gasteiger partial charge >= 0.3 is 0 Å². The summed E-state index contributed by atoms with van der Waals surface area (Å²) in [6, 6.07) is 10.7. The fourth-order valence-corrected chi connectivity index (χ4v) is 3.54. The summed E-state index contributed by atoms with van der Waals surface area (Å²) >= 11 is 1.81. The molecule has 1 aliphatic rings. The number of hydrogen-bond acceptors (Lipinski definition) is 4. The van der Waals surface area contributed by atoms with Crippen molar-refractivity contribution in [3.05, 3.63) is 42.7 Å². The van der Waals surface area contributed by atoms with Crippen molar-refractivity contribution in [1.29, 1.82) is 0 Å². The molecule has 1 aliphatic heterocycles. The number of hydrogen-bond donors (Lipinski definition) is 0. The average Bonchev–Trinajstić information content (AvgIpc) is 2.46. The van der Waals surface area contributed by atoms with E-state index >= 15 is 0 Å². The number of rotatable bonds is 4. The molecule has 0 aliphatic carbocycles. The van der Waals surface area contributed by atoms with Gasteiger partial charge in [0.2, 0.25) is 0 Å². The second kappa shape index (κ2) is 8.63. The van der Waals surface area contributed by atoms with Crippen molar-refractivity contribution in [1.82, 2.24) is 9.88 Å². The zero-order valence-electron chi connectivity index (χ0n) is 12.7. The summed E-state index contributed by atoms with van der Waals surface area (Å²) in [5.41, 5.74) is 2.59. The van der Waals surface area contributed by atoms with Crippen molar-refractivity contribution in [2.24, 2.45) is 0 Å². The number of aromatic nitrogens is 1. The topological polar surface area (TPSA) is 19.4 Å². The molecule has 0 fully saturated rings. The summed E-state index contributed by atoms with van der Waals surface area (Å²) in [5, 5.41) is 0. The van der Waals surface area contributed by atoms with Crippen molar-refractivity contribution in [2.45, 2.75) is 16.2 Å². The highest BCUT2D eigenvalue weighted by Gasteiger charge is 2.22. The van der Waals surface area contributed by atoms with E-state index in [0.29, 0.717) is 0 Å². The Bertz CT molecular complexity index is 562. The fourth-order valence-electron chi connectivity index (χ4n) is 2.47. The van der Waals surface area contributed by atoms with Gasteiger partial charge in [-0.3, -0.25) is 4.98 Å². The van der Waals surface area contributed by atoms with Crippen LogP contribution in [0.2, 0.25) is 0 Å². The Morgan fingerprint density at radius 3 is 2.55 bits per heavy atom. The third-order valence-electron chi connectivity index (χ3n) is 3.42. The summed E-state index contributed by atoms with van der Waals surface area (Å²) in [5.74, 6) is 0. The Labute approximate surface area is 148 Å². The first kappa shape index (κ1) is 19.1. The molecular formula is C16H21Cl2N3S. The van der Waals surface area contributed by atoms with Crippen LogP contribution in [0.4, 0.5) is 11.4 Å². The van der Waals surface area contributed by atoms with E-state index in [4.69, 9.17) is 0 Å². The van der Waals surface area contributed by atoms with Crippen molar-refractivity contribution in [3.63, 3.8) is 0 Å². The summed E-state index contributed by atoms with van der Waals surface area (Å²) < 4.78 is 0. The molecule has 3 rings (SSSR count). The van der Waals surface area contributed by atoms with Crippen LogP contribution < -0.4 is 4.90 Å². The molecule has 0 atom stereocenters. The second-order valence-corrected chi connectivity index (χ2v) is 6.31. The normalized spacial score (nSPS) is 12.0. The highest BCUT2D eigenvalue weighted by molar-refractivity contribution is 7.99. The van der Waals surface area contributed by atoms with Gasteiger partial charge in [0.05, 0.1) is 16.3 Å². The van der Waals surface area contributed by atoms with Gasteiger partial charge in [-0.05, 0) is 45.3 Å². The predicted molar refractivity (Wildman–Crippen MR) is 99.5 cm³/mol. The molecule has 2 heterocycles. The van der Waals surface area contributed by atoms with Crippen molar-refractivity contribution in [3.8, 4) is 0 Å². The predicted octanol–water partition coefficient (Wildman–Crippen LogP) is 4.48. The molecule has 0 spiro atoms. The van der Waals surface area contributed by atoms with Crippen LogP contribution in [0.25, 0.3) is 0 Å². The molecule has 0 bridgehead atoms. The van der Waals surface area contributed by atoms with Crippen molar-refractivity contribution < 1.29 is 0 Å². The molecule has 1 aromatic carbocycles. The number of pyridine rings is 1. The molecule has 1 aromatic heterocycles. The third kappa shape index (κ3) is 4.07. The van der Waals surface area contributed by atoms with E-state index in [1.807, 2.05) is 24.2 Å². The van der Waals surface area contributed by atoms with Gasteiger partial charge in [-0.1, -0.05) is 23.9 Å². The van der Waals surface area contributed by atoms with Gasteiger partial charge in [-0.25, -0.2) is 0 Å². The molecule has 22 heavy (non-hydrogen) atoms. The number of anilines is 2. The van der Waals surface area contributed by atoms with Crippen LogP contribution in [0.3, 0.4) is 0 Å². The highest BCUT2D eigenvalue weighted by atomic mass is 35.5. The summed E-state index contributed by atoms with van der Waals surface area (Å²) in [6.07, 6.45) is 4.99. The lowest BCUT2D eigenvalue weighted by Gasteiger charge is -2.32. The Morgan fingerprint density at radius 1 is 1.05 bits per heavy atom. The zero-order chi connectivity index (χ0) is 13.9. The van der Waals surface area contributed by atoms with Gasteiger partial charge in [0.25, 0.3) is 0 Å². The first-order chi connectivity index (χ1) is 9.75. The monoisotopic (exact) mass is 357 g/mol. The molecular weight excluding hydrogens is 337 g/mol. The molecule has 3 nitrogen and oxygen atoms in total. The standard InChI is InChI=1S/C16H19N3S.2ClH/c1-18(2)10-5-11-19-13-6-3-4-7-15(13)20-16-12-17-9-8-14(16)19;;/h3-4,6-9,12H,5,10-11H2,1-2H3;2*1H. The maximum atomic E-state index is 4.26. The number of fused-ring (bicyclic) bond motifs is 2. The molecule has 120 valence electrons. The van der Waals surface area contributed by atoms with Crippen LogP contribution in [0, 0.1) is 0 Å². The maximum absolute atomic E-state index is 4.26. The molecule has 2 aromatic rings. The molecule has 0 radical (unpaired) electrons. The quantitative estimate of drug-likeness (QED) is 0.802. The summed E-state index contributed by atoms with van der Waals surface area (Å²) in [7, 11) is 4.25. The Hall–Kier alpha value is -0.940. The van der Waals surface area contributed by atoms with Gasteiger partial charge in [0, 0.05) is 23.8 Å². The second-order valence-electron chi connectivity index (χ2n) is 5.22. The van der Waals surface area contributed by atoms with Gasteiger partial charge in [-0.2, -0.15) is 0 Å². The van der Waals surface area contributed by atoms with Crippen LogP contribution in [-0.4, -0.2) is 37.1 Å². The van der Waals surface area contributed by atoms with Gasteiger partial charge in [0.1, 0.15) is 0 Å². The first-order valence-electron chi connectivity index (χ1n) is 6.89. The highest BCUT2D eigenvalue weighted by Crippen LogP contribution is 2.47. The largest absolute Gasteiger partial charge is 0.340 e. The van der Waals surface area contributed by atoms with E-state index in [1.165, 1.54) is 21.2 Å². The molecule has 0 N–H and O–H groups in total. The SMILES string of the molecule is CN(C)CCCN1c2ccccc2Sc2cnccc21.Cl.Cl. The van der Waals surface area contributed by atoms with E-state index in [2.05, 4.69) is 59.2 Å². The first-order valence-corrected chi connectivity index (χ1v) is 7.70. The minimum atomic E-state index is 0. The van der Waals surface area contributed by atoms with E-state index in [1.54, 1.807) is 0 Å². The molecule has 0 saturated heterocycles. The Kier molecular flexibility index (Phi) is 7.49. The molecule has 0 unspecified atom stereocenters. The van der Waals surface area contributed by atoms with Gasteiger partial charge in [0.15, 0.2) is 0 Å². The molecule has 0 saturated carbocycles. The van der Waals surface area contributed by atoms with E-state index < -0.39 is 0 Å². The number of benzene rings is 1. The maximum Gasteiger partial charge on any atom is 0.0584 e. The van der Waals surface area contributed by atoms with Crippen molar-refractivity contribution in [2.75, 3.05) is 32.1 Å². The Balaban J connectivity index is 0.00000121. The molecule has 6 heteroatoms. The van der Waals surface area contributed by atoms with Crippen LogP contribution >= 0.6 is 36.6 Å². The van der Waals surface area contributed by atoms with Crippen LogP contribution in [0.5, 0.6) is 0 Å². The number of nitrogens with zero attached hydrogens (tertiary/aromatic N) is 3. The number of para-hydroxylation sites is 1. The van der Waals surface area contributed by atoms with E-state index in [0.717, 1.165) is 19.5 Å². The van der Waals surface area contributed by atoms with Crippen LogP contribution in [0.1, 0.15) is 6.42 Å². The van der Waals surface area contributed by atoms with Crippen molar-refractivity contribution >= 4 is 48.0 Å². The smallest absolute Gasteiger partial charge is 0.0584 e. The number of halogens is 2. The fraction of sp³-hybridized carbons (Fsp3) is 0.312. The van der Waals surface area contributed by atoms with E-state index in [-0.39, 0.29) is 24.8 Å². The molecule has 0 amide bonds. The van der Waals surface area contributed by atoms with Crippen LogP contribution in [-0.2, 0) is 0 Å². The third-order valence-corrected chi connectivity index (χ3v) is 4.52. The zero-order valence-corrected chi connectivity index (χ0v) is 15.2. The van der Waals surface area contributed by atoms with Gasteiger partial charge in [-0.15, -0.1) is 24.8 Å². The average molecular weight is 358 g/mol. The minimum absolute atomic E-state index is 0. The van der Waals surface area contributed by atoms with Crippen LogP contribution in [0.15, 0.2) is 52.5 Å². The summed E-state index contributed by atoms with van der Waals surface area (Å²) in [6.45, 7) is 2.14. The van der Waals surface area contributed by atoms with Gasteiger partial charge < -0.3 is 9.80 Å². The van der Waals surface area contributed by atoms with E-state index in [9.17, 15) is 0 Å². The summed E-state index contributed by atoms with van der Waals surface area (Å²) in [4.78, 5) is 11.5.